The van der Waals surface area contributed by atoms with Gasteiger partial charge in [-0.2, -0.15) is 0 Å². The van der Waals surface area contributed by atoms with Gasteiger partial charge in [-0.25, -0.2) is 4.79 Å². The van der Waals surface area contributed by atoms with Gasteiger partial charge in [-0.15, -0.1) is 0 Å². The number of aliphatic carboxylic acids is 1. The zero-order valence-corrected chi connectivity index (χ0v) is 12.4. The first-order valence-electron chi connectivity index (χ1n) is 6.68. The van der Waals surface area contributed by atoms with Gasteiger partial charge in [0.1, 0.15) is 0 Å². The molecule has 0 aliphatic carbocycles. The van der Waals surface area contributed by atoms with E-state index in [0.717, 1.165) is 16.8 Å². The van der Waals surface area contributed by atoms with Crippen molar-refractivity contribution in [2.45, 2.75) is 40.2 Å². The minimum Gasteiger partial charge on any atom is -0.481 e. The predicted molar refractivity (Wildman–Crippen MR) is 79.0 cm³/mol. The van der Waals surface area contributed by atoms with Crippen LogP contribution in [0, 0.1) is 13.8 Å². The molecular formula is C15H22N2O3. The SMILES string of the molecule is Cc1ccc(C)c(NC(=O)N(CCC(=O)O)C(C)C)c1. The molecule has 0 spiro atoms. The van der Waals surface area contributed by atoms with E-state index < -0.39 is 5.97 Å². The van der Waals surface area contributed by atoms with Gasteiger partial charge in [0.05, 0.1) is 6.42 Å². The van der Waals surface area contributed by atoms with E-state index in [1.165, 1.54) is 4.90 Å². The van der Waals surface area contributed by atoms with E-state index in [2.05, 4.69) is 5.32 Å². The van der Waals surface area contributed by atoms with E-state index in [1.54, 1.807) is 0 Å². The molecule has 2 N–H and O–H groups in total. The highest BCUT2D eigenvalue weighted by molar-refractivity contribution is 5.90. The standard InChI is InChI=1S/C15H22N2O3/c1-10(2)17(8-7-14(18)19)15(20)16-13-9-11(3)5-6-12(13)4/h5-6,9-10H,7-8H2,1-4H3,(H,16,20)(H,18,19). The largest absolute Gasteiger partial charge is 0.481 e. The minimum atomic E-state index is -0.907. The van der Waals surface area contributed by atoms with Gasteiger partial charge in [-0.05, 0) is 44.9 Å². The molecule has 0 saturated carbocycles. The lowest BCUT2D eigenvalue weighted by molar-refractivity contribution is -0.137. The summed E-state index contributed by atoms with van der Waals surface area (Å²) in [6.45, 7) is 7.81. The van der Waals surface area contributed by atoms with Crippen LogP contribution in [0.5, 0.6) is 0 Å². The summed E-state index contributed by atoms with van der Waals surface area (Å²) in [5.41, 5.74) is 2.80. The highest BCUT2D eigenvalue weighted by atomic mass is 16.4. The lowest BCUT2D eigenvalue weighted by Gasteiger charge is -2.26. The summed E-state index contributed by atoms with van der Waals surface area (Å²) in [4.78, 5) is 24.4. The number of carbonyl (C=O) groups is 2. The van der Waals surface area contributed by atoms with Crippen molar-refractivity contribution in [3.05, 3.63) is 29.3 Å². The Morgan fingerprint density at radius 3 is 2.50 bits per heavy atom. The van der Waals surface area contributed by atoms with Crippen LogP contribution in [0.2, 0.25) is 0 Å². The van der Waals surface area contributed by atoms with Crippen LogP contribution in [0.4, 0.5) is 10.5 Å². The molecule has 1 aromatic rings. The van der Waals surface area contributed by atoms with Crippen LogP contribution in [0.15, 0.2) is 18.2 Å². The van der Waals surface area contributed by atoms with Gasteiger partial charge in [0.15, 0.2) is 0 Å². The Kier molecular flexibility index (Phi) is 5.55. The average molecular weight is 278 g/mol. The summed E-state index contributed by atoms with van der Waals surface area (Å²) in [6.07, 6.45) is -0.0571. The number of aryl methyl sites for hydroxylation is 2. The number of benzene rings is 1. The van der Waals surface area contributed by atoms with Crippen molar-refractivity contribution < 1.29 is 14.7 Å². The van der Waals surface area contributed by atoms with E-state index in [0.29, 0.717) is 0 Å². The van der Waals surface area contributed by atoms with E-state index in [-0.39, 0.29) is 25.0 Å². The van der Waals surface area contributed by atoms with Gasteiger partial charge in [0.25, 0.3) is 0 Å². The maximum absolute atomic E-state index is 12.3. The summed E-state index contributed by atoms with van der Waals surface area (Å²) in [7, 11) is 0. The van der Waals surface area contributed by atoms with Gasteiger partial charge >= 0.3 is 12.0 Å². The molecule has 2 amide bonds. The molecule has 0 radical (unpaired) electrons. The summed E-state index contributed by atoms with van der Waals surface area (Å²) >= 11 is 0. The molecule has 0 heterocycles. The topological polar surface area (TPSA) is 69.6 Å². The number of carbonyl (C=O) groups excluding carboxylic acids is 1. The molecule has 5 heteroatoms. The summed E-state index contributed by atoms with van der Waals surface area (Å²) in [5.74, 6) is -0.907. The number of nitrogens with one attached hydrogen (secondary N) is 1. The van der Waals surface area contributed by atoms with Crippen molar-refractivity contribution in [1.82, 2.24) is 4.90 Å². The van der Waals surface area contributed by atoms with Crippen molar-refractivity contribution in [3.8, 4) is 0 Å². The fraction of sp³-hybridized carbons (Fsp3) is 0.467. The number of urea groups is 1. The molecule has 0 aliphatic heterocycles. The van der Waals surface area contributed by atoms with Crippen LogP contribution in [0.25, 0.3) is 0 Å². The lowest BCUT2D eigenvalue weighted by atomic mass is 10.1. The Bertz CT molecular complexity index is 498. The lowest BCUT2D eigenvalue weighted by Crippen LogP contribution is -2.41. The number of hydrogen-bond acceptors (Lipinski definition) is 2. The van der Waals surface area contributed by atoms with E-state index in [1.807, 2.05) is 45.9 Å². The fourth-order valence-corrected chi connectivity index (χ4v) is 1.87. The van der Waals surface area contributed by atoms with Crippen LogP contribution in [0.1, 0.15) is 31.4 Å². The molecule has 20 heavy (non-hydrogen) atoms. The second kappa shape index (κ2) is 6.93. The van der Waals surface area contributed by atoms with Crippen LogP contribution in [-0.4, -0.2) is 34.6 Å². The zero-order valence-electron chi connectivity index (χ0n) is 12.4. The van der Waals surface area contributed by atoms with Gasteiger partial charge in [-0.3, -0.25) is 4.79 Å². The highest BCUT2D eigenvalue weighted by Gasteiger charge is 2.18. The number of nitrogens with zero attached hydrogens (tertiary/aromatic N) is 1. The Balaban J connectivity index is 2.80. The summed E-state index contributed by atoms with van der Waals surface area (Å²) in [6, 6.07) is 5.51. The number of hydrogen-bond donors (Lipinski definition) is 2. The zero-order chi connectivity index (χ0) is 15.3. The van der Waals surface area contributed by atoms with E-state index in [4.69, 9.17) is 5.11 Å². The highest BCUT2D eigenvalue weighted by Crippen LogP contribution is 2.17. The van der Waals surface area contributed by atoms with Crippen molar-refractivity contribution in [2.75, 3.05) is 11.9 Å². The average Bonchev–Trinajstić information content (AvgIpc) is 2.33. The first-order chi connectivity index (χ1) is 9.31. The second-order valence-corrected chi connectivity index (χ2v) is 5.18. The van der Waals surface area contributed by atoms with Crippen LogP contribution in [0.3, 0.4) is 0 Å². The Hall–Kier alpha value is -2.04. The Morgan fingerprint density at radius 1 is 1.30 bits per heavy atom. The van der Waals surface area contributed by atoms with Crippen molar-refractivity contribution in [1.29, 1.82) is 0 Å². The molecule has 0 bridgehead atoms. The molecule has 0 atom stereocenters. The molecule has 0 fully saturated rings. The van der Waals surface area contributed by atoms with E-state index in [9.17, 15) is 9.59 Å². The third-order valence-corrected chi connectivity index (χ3v) is 3.09. The molecule has 5 nitrogen and oxygen atoms in total. The van der Waals surface area contributed by atoms with Crippen LogP contribution >= 0.6 is 0 Å². The molecule has 0 saturated heterocycles. The maximum atomic E-state index is 12.3. The molecular weight excluding hydrogens is 256 g/mol. The molecule has 110 valence electrons. The molecule has 0 aromatic heterocycles. The van der Waals surface area contributed by atoms with Crippen molar-refractivity contribution >= 4 is 17.7 Å². The fourth-order valence-electron chi connectivity index (χ4n) is 1.87. The van der Waals surface area contributed by atoms with Gasteiger partial charge in [0, 0.05) is 18.3 Å². The third-order valence-electron chi connectivity index (χ3n) is 3.09. The third kappa shape index (κ3) is 4.57. The van der Waals surface area contributed by atoms with Crippen LogP contribution in [-0.2, 0) is 4.79 Å². The van der Waals surface area contributed by atoms with Crippen molar-refractivity contribution in [2.24, 2.45) is 0 Å². The number of carboxylic acids is 1. The smallest absolute Gasteiger partial charge is 0.322 e. The molecule has 1 aromatic carbocycles. The maximum Gasteiger partial charge on any atom is 0.322 e. The Labute approximate surface area is 119 Å². The second-order valence-electron chi connectivity index (χ2n) is 5.18. The predicted octanol–water partition coefficient (Wildman–Crippen LogP) is 3.02. The number of amides is 2. The minimum absolute atomic E-state index is 0.0561. The first-order valence-corrected chi connectivity index (χ1v) is 6.68. The monoisotopic (exact) mass is 278 g/mol. The summed E-state index contributed by atoms with van der Waals surface area (Å²) < 4.78 is 0. The van der Waals surface area contributed by atoms with Gasteiger partial charge < -0.3 is 15.3 Å². The Morgan fingerprint density at radius 2 is 1.95 bits per heavy atom. The van der Waals surface area contributed by atoms with Crippen molar-refractivity contribution in [3.63, 3.8) is 0 Å². The summed E-state index contributed by atoms with van der Waals surface area (Å²) in [5, 5.41) is 11.6. The van der Waals surface area contributed by atoms with Crippen LogP contribution < -0.4 is 5.32 Å². The first kappa shape index (κ1) is 16.0. The number of carboxylic acid groups (broad SMARTS) is 1. The molecule has 1 rings (SSSR count). The number of rotatable bonds is 5. The van der Waals surface area contributed by atoms with Gasteiger partial charge in [0.2, 0.25) is 0 Å². The number of anilines is 1. The van der Waals surface area contributed by atoms with E-state index >= 15 is 0 Å². The molecule has 0 aliphatic rings. The normalized spacial score (nSPS) is 10.4. The quantitative estimate of drug-likeness (QED) is 0.869. The van der Waals surface area contributed by atoms with Gasteiger partial charge in [-0.1, -0.05) is 12.1 Å². The molecule has 0 unspecified atom stereocenters.